The van der Waals surface area contributed by atoms with Crippen LogP contribution in [0, 0.1) is 13.8 Å². The second kappa shape index (κ2) is 8.81. The first kappa shape index (κ1) is 18.4. The largest absolute Gasteiger partial charge is 0.494 e. The monoisotopic (exact) mass is 364 g/mol. The molecule has 0 aliphatic rings. The standard InChI is InChI=1S/C23H24O2S/c1-17-7-10-20(15-18(17)2)22(23-6-4-14-26-23)5-3-13-25-21-11-8-19(16-24)9-12-21/h4,6-12,14-16,22H,3,5,13H2,1-2H3/t22-/m1/s1. The second-order valence-electron chi connectivity index (χ2n) is 6.59. The molecule has 1 atom stereocenters. The van der Waals surface area contributed by atoms with Crippen LogP contribution < -0.4 is 4.74 Å². The molecular weight excluding hydrogens is 340 g/mol. The van der Waals surface area contributed by atoms with Gasteiger partial charge in [0.05, 0.1) is 6.61 Å². The van der Waals surface area contributed by atoms with Crippen molar-refractivity contribution in [3.05, 3.63) is 87.1 Å². The van der Waals surface area contributed by atoms with E-state index in [4.69, 9.17) is 4.74 Å². The van der Waals surface area contributed by atoms with Crippen molar-refractivity contribution in [2.75, 3.05) is 6.61 Å². The molecule has 0 saturated heterocycles. The van der Waals surface area contributed by atoms with E-state index >= 15 is 0 Å². The van der Waals surface area contributed by atoms with Gasteiger partial charge in [0.25, 0.3) is 0 Å². The van der Waals surface area contributed by atoms with Crippen LogP contribution in [-0.4, -0.2) is 12.9 Å². The van der Waals surface area contributed by atoms with Gasteiger partial charge in [0.2, 0.25) is 0 Å². The first-order chi connectivity index (χ1) is 12.7. The predicted molar refractivity (Wildman–Crippen MR) is 109 cm³/mol. The van der Waals surface area contributed by atoms with Gasteiger partial charge in [0.15, 0.2) is 0 Å². The zero-order valence-electron chi connectivity index (χ0n) is 15.3. The summed E-state index contributed by atoms with van der Waals surface area (Å²) in [5.74, 6) is 1.23. The van der Waals surface area contributed by atoms with Gasteiger partial charge in [0.1, 0.15) is 12.0 Å². The molecule has 3 rings (SSSR count). The van der Waals surface area contributed by atoms with Gasteiger partial charge in [-0.05, 0) is 79.1 Å². The summed E-state index contributed by atoms with van der Waals surface area (Å²) >= 11 is 1.82. The van der Waals surface area contributed by atoms with Gasteiger partial charge in [-0.1, -0.05) is 24.3 Å². The Kier molecular flexibility index (Phi) is 6.24. The highest BCUT2D eigenvalue weighted by atomic mass is 32.1. The molecule has 3 aromatic rings. The average molecular weight is 365 g/mol. The third-order valence-electron chi connectivity index (χ3n) is 4.74. The molecule has 1 aromatic heterocycles. The minimum Gasteiger partial charge on any atom is -0.494 e. The molecule has 0 aliphatic heterocycles. The molecule has 0 radical (unpaired) electrons. The molecule has 0 aliphatic carbocycles. The molecule has 0 fully saturated rings. The first-order valence-electron chi connectivity index (χ1n) is 8.96. The van der Waals surface area contributed by atoms with Crippen LogP contribution in [0.2, 0.25) is 0 Å². The van der Waals surface area contributed by atoms with Gasteiger partial charge in [-0.3, -0.25) is 4.79 Å². The van der Waals surface area contributed by atoms with Crippen molar-refractivity contribution in [1.29, 1.82) is 0 Å². The maximum Gasteiger partial charge on any atom is 0.150 e. The highest BCUT2D eigenvalue weighted by Crippen LogP contribution is 2.33. The smallest absolute Gasteiger partial charge is 0.150 e. The van der Waals surface area contributed by atoms with Crippen LogP contribution in [0.3, 0.4) is 0 Å². The SMILES string of the molecule is Cc1ccc([C@@H](CCCOc2ccc(C=O)cc2)c2cccs2)cc1C. The summed E-state index contributed by atoms with van der Waals surface area (Å²) in [5.41, 5.74) is 4.73. The number of thiophene rings is 1. The number of benzene rings is 2. The van der Waals surface area contributed by atoms with E-state index in [-0.39, 0.29) is 0 Å². The van der Waals surface area contributed by atoms with E-state index in [0.29, 0.717) is 18.1 Å². The second-order valence-corrected chi connectivity index (χ2v) is 7.57. The number of aldehydes is 1. The summed E-state index contributed by atoms with van der Waals surface area (Å²) in [5, 5.41) is 2.15. The fraction of sp³-hybridized carbons (Fsp3) is 0.261. The summed E-state index contributed by atoms with van der Waals surface area (Å²) < 4.78 is 5.84. The Morgan fingerprint density at radius 3 is 2.50 bits per heavy atom. The van der Waals surface area contributed by atoms with Crippen molar-refractivity contribution in [3.8, 4) is 5.75 Å². The maximum atomic E-state index is 10.7. The molecular formula is C23H24O2S. The number of aryl methyl sites for hydroxylation is 2. The highest BCUT2D eigenvalue weighted by Gasteiger charge is 2.15. The van der Waals surface area contributed by atoms with Gasteiger partial charge < -0.3 is 4.74 Å². The Labute approximate surface area is 159 Å². The zero-order valence-corrected chi connectivity index (χ0v) is 16.1. The third kappa shape index (κ3) is 4.61. The fourth-order valence-electron chi connectivity index (χ4n) is 3.06. The molecule has 26 heavy (non-hydrogen) atoms. The summed E-state index contributed by atoms with van der Waals surface area (Å²) in [6.07, 6.45) is 2.87. The van der Waals surface area contributed by atoms with Crippen LogP contribution >= 0.6 is 11.3 Å². The quantitative estimate of drug-likeness (QED) is 0.353. The molecule has 134 valence electrons. The first-order valence-corrected chi connectivity index (χ1v) is 9.84. The topological polar surface area (TPSA) is 26.3 Å². The van der Waals surface area contributed by atoms with E-state index in [2.05, 4.69) is 49.6 Å². The van der Waals surface area contributed by atoms with E-state index in [1.807, 2.05) is 23.5 Å². The Bertz CT molecular complexity index is 835. The van der Waals surface area contributed by atoms with Gasteiger partial charge in [-0.25, -0.2) is 0 Å². The van der Waals surface area contributed by atoms with Crippen molar-refractivity contribution in [1.82, 2.24) is 0 Å². The van der Waals surface area contributed by atoms with Crippen LogP contribution in [0.4, 0.5) is 0 Å². The highest BCUT2D eigenvalue weighted by molar-refractivity contribution is 7.10. The number of hydrogen-bond acceptors (Lipinski definition) is 3. The van der Waals surface area contributed by atoms with Crippen LogP contribution in [0.1, 0.15) is 50.7 Å². The van der Waals surface area contributed by atoms with Gasteiger partial charge in [-0.2, -0.15) is 0 Å². The summed E-state index contributed by atoms with van der Waals surface area (Å²) in [4.78, 5) is 12.1. The molecule has 0 N–H and O–H groups in total. The molecule has 0 saturated carbocycles. The Balaban J connectivity index is 1.63. The van der Waals surface area contributed by atoms with E-state index < -0.39 is 0 Å². The van der Waals surface area contributed by atoms with E-state index in [9.17, 15) is 4.79 Å². The summed E-state index contributed by atoms with van der Waals surface area (Å²) in [6.45, 7) is 5.01. The van der Waals surface area contributed by atoms with E-state index in [1.54, 1.807) is 12.1 Å². The summed E-state index contributed by atoms with van der Waals surface area (Å²) in [7, 11) is 0. The molecule has 0 amide bonds. The molecule has 2 aromatic carbocycles. The van der Waals surface area contributed by atoms with E-state index in [0.717, 1.165) is 24.9 Å². The molecule has 3 heteroatoms. The fourth-order valence-corrected chi connectivity index (χ4v) is 3.95. The zero-order chi connectivity index (χ0) is 18.4. The lowest BCUT2D eigenvalue weighted by molar-refractivity contribution is 0.112. The van der Waals surface area contributed by atoms with Gasteiger partial charge >= 0.3 is 0 Å². The average Bonchev–Trinajstić information content (AvgIpc) is 3.19. The number of ether oxygens (including phenoxy) is 1. The number of hydrogen-bond donors (Lipinski definition) is 0. The molecule has 2 nitrogen and oxygen atoms in total. The predicted octanol–water partition coefficient (Wildman–Crippen LogP) is 6.17. The van der Waals surface area contributed by atoms with Gasteiger partial charge in [-0.15, -0.1) is 11.3 Å². The normalized spacial score (nSPS) is 11.9. The molecule has 0 unspecified atom stereocenters. The molecule has 0 bridgehead atoms. The Morgan fingerprint density at radius 1 is 1.04 bits per heavy atom. The van der Waals surface area contributed by atoms with Crippen molar-refractivity contribution < 1.29 is 9.53 Å². The number of carbonyl (C=O) groups excluding carboxylic acids is 1. The lowest BCUT2D eigenvalue weighted by Crippen LogP contribution is -2.04. The lowest BCUT2D eigenvalue weighted by Gasteiger charge is -2.18. The van der Waals surface area contributed by atoms with Crippen LogP contribution in [0.5, 0.6) is 5.75 Å². The minimum absolute atomic E-state index is 0.412. The molecule has 0 spiro atoms. The van der Waals surface area contributed by atoms with Crippen LogP contribution in [0.25, 0.3) is 0 Å². The third-order valence-corrected chi connectivity index (χ3v) is 5.73. The Hall–Kier alpha value is -2.39. The van der Waals surface area contributed by atoms with E-state index in [1.165, 1.54) is 21.6 Å². The van der Waals surface area contributed by atoms with Gasteiger partial charge in [0, 0.05) is 16.4 Å². The Morgan fingerprint density at radius 2 is 1.85 bits per heavy atom. The van der Waals surface area contributed by atoms with Crippen molar-refractivity contribution in [2.45, 2.75) is 32.6 Å². The van der Waals surface area contributed by atoms with Crippen molar-refractivity contribution in [3.63, 3.8) is 0 Å². The maximum absolute atomic E-state index is 10.7. The van der Waals surface area contributed by atoms with Crippen molar-refractivity contribution in [2.24, 2.45) is 0 Å². The lowest BCUT2D eigenvalue weighted by atomic mass is 9.90. The van der Waals surface area contributed by atoms with Crippen molar-refractivity contribution >= 4 is 17.6 Å². The summed E-state index contributed by atoms with van der Waals surface area (Å²) in [6, 6.07) is 18.4. The number of carbonyl (C=O) groups is 1. The molecule has 1 heterocycles. The van der Waals surface area contributed by atoms with Crippen LogP contribution in [0.15, 0.2) is 60.0 Å². The van der Waals surface area contributed by atoms with Crippen LogP contribution in [-0.2, 0) is 0 Å². The minimum atomic E-state index is 0.412. The number of rotatable bonds is 8.